The maximum Gasteiger partial charge on any atom is 0.416 e. The SMILES string of the molecule is O=C(Nc1cccc(C(F)(F)F)c1)c1cc(S(=O)(=O)NC[C@@H]2CCCO2)c(Cl)cc1Cl. The Balaban J connectivity index is 1.84. The van der Waals surface area contributed by atoms with Crippen molar-refractivity contribution in [2.45, 2.75) is 30.0 Å². The molecule has 1 aliphatic rings. The first-order chi connectivity index (χ1) is 14.5. The van der Waals surface area contributed by atoms with Crippen LogP contribution in [0.4, 0.5) is 18.9 Å². The first-order valence-corrected chi connectivity index (χ1v) is 11.3. The van der Waals surface area contributed by atoms with E-state index in [1.165, 1.54) is 6.07 Å². The van der Waals surface area contributed by atoms with Crippen molar-refractivity contribution < 1.29 is 31.1 Å². The molecular weight excluding hydrogens is 480 g/mol. The van der Waals surface area contributed by atoms with Gasteiger partial charge in [-0.25, -0.2) is 13.1 Å². The molecular formula is C19H17Cl2F3N2O4S. The maximum absolute atomic E-state index is 12.9. The standard InChI is InChI=1S/C19H17Cl2F3N2O4S/c20-15-9-16(21)17(31(28,29)25-10-13-5-2-6-30-13)8-14(15)18(27)26-12-4-1-3-11(7-12)19(22,23)24/h1,3-4,7-9,13,25H,2,5-6,10H2,(H,26,27)/t13-/m0/s1. The lowest BCUT2D eigenvalue weighted by Crippen LogP contribution is -2.32. The number of carbonyl (C=O) groups excluding carboxylic acids is 1. The zero-order valence-corrected chi connectivity index (χ0v) is 18.1. The van der Waals surface area contributed by atoms with Gasteiger partial charge < -0.3 is 10.1 Å². The Labute approximate surface area is 186 Å². The van der Waals surface area contributed by atoms with Crippen LogP contribution in [0.5, 0.6) is 0 Å². The van der Waals surface area contributed by atoms with Gasteiger partial charge in [0.15, 0.2) is 0 Å². The van der Waals surface area contributed by atoms with Crippen molar-refractivity contribution in [3.05, 3.63) is 57.6 Å². The number of alkyl halides is 3. The molecule has 2 aromatic carbocycles. The topological polar surface area (TPSA) is 84.5 Å². The molecule has 1 aliphatic heterocycles. The van der Waals surface area contributed by atoms with Gasteiger partial charge in [0.25, 0.3) is 5.91 Å². The Morgan fingerprint density at radius 2 is 1.90 bits per heavy atom. The average Bonchev–Trinajstić information content (AvgIpc) is 3.19. The molecule has 2 N–H and O–H groups in total. The molecule has 6 nitrogen and oxygen atoms in total. The van der Waals surface area contributed by atoms with Gasteiger partial charge in [-0.05, 0) is 43.2 Å². The van der Waals surface area contributed by atoms with E-state index in [2.05, 4.69) is 10.0 Å². The summed E-state index contributed by atoms with van der Waals surface area (Å²) in [5, 5.41) is 1.92. The lowest BCUT2D eigenvalue weighted by molar-refractivity contribution is -0.137. The van der Waals surface area contributed by atoms with Gasteiger partial charge in [0, 0.05) is 18.8 Å². The normalized spacial score (nSPS) is 17.0. The van der Waals surface area contributed by atoms with E-state index in [1.54, 1.807) is 0 Å². The summed E-state index contributed by atoms with van der Waals surface area (Å²) >= 11 is 12.1. The van der Waals surface area contributed by atoms with Crippen LogP contribution in [0.3, 0.4) is 0 Å². The van der Waals surface area contributed by atoms with Gasteiger partial charge in [-0.15, -0.1) is 0 Å². The molecule has 2 aromatic rings. The van der Waals surface area contributed by atoms with Crippen molar-refractivity contribution >= 4 is 44.8 Å². The van der Waals surface area contributed by atoms with E-state index < -0.39 is 27.7 Å². The predicted molar refractivity (Wildman–Crippen MR) is 110 cm³/mol. The molecule has 12 heteroatoms. The minimum Gasteiger partial charge on any atom is -0.377 e. The second-order valence-corrected chi connectivity index (χ2v) is 9.33. The summed E-state index contributed by atoms with van der Waals surface area (Å²) < 4.78 is 71.7. The summed E-state index contributed by atoms with van der Waals surface area (Å²) in [6.07, 6.45) is -3.31. The third-order valence-corrected chi connectivity index (χ3v) is 6.73. The lowest BCUT2D eigenvalue weighted by atomic mass is 10.1. The molecule has 0 aromatic heterocycles. The fourth-order valence-corrected chi connectivity index (χ4v) is 4.89. The number of anilines is 1. The summed E-state index contributed by atoms with van der Waals surface area (Å²) in [6, 6.07) is 6.07. The molecule has 31 heavy (non-hydrogen) atoms. The number of hydrogen-bond donors (Lipinski definition) is 2. The van der Waals surface area contributed by atoms with Crippen LogP contribution in [-0.4, -0.2) is 33.6 Å². The highest BCUT2D eigenvalue weighted by molar-refractivity contribution is 7.89. The van der Waals surface area contributed by atoms with Crippen LogP contribution in [0.2, 0.25) is 10.0 Å². The molecule has 0 saturated carbocycles. The van der Waals surface area contributed by atoms with Crippen molar-refractivity contribution in [1.82, 2.24) is 4.72 Å². The number of carbonyl (C=O) groups is 1. The largest absolute Gasteiger partial charge is 0.416 e. The Kier molecular flexibility index (Phi) is 7.17. The Morgan fingerprint density at radius 1 is 1.16 bits per heavy atom. The third kappa shape index (κ3) is 5.89. The molecule has 3 rings (SSSR count). The summed E-state index contributed by atoms with van der Waals surface area (Å²) in [5.74, 6) is -0.892. The highest BCUT2D eigenvalue weighted by Gasteiger charge is 2.31. The van der Waals surface area contributed by atoms with Gasteiger partial charge in [-0.3, -0.25) is 4.79 Å². The lowest BCUT2D eigenvalue weighted by Gasteiger charge is -2.14. The van der Waals surface area contributed by atoms with Crippen LogP contribution in [0, 0.1) is 0 Å². The quantitative estimate of drug-likeness (QED) is 0.605. The fourth-order valence-electron chi connectivity index (χ4n) is 2.97. The Bertz CT molecular complexity index is 1090. The molecule has 1 fully saturated rings. The van der Waals surface area contributed by atoms with Gasteiger partial charge in [-0.1, -0.05) is 29.3 Å². The van der Waals surface area contributed by atoms with E-state index in [-0.39, 0.29) is 38.8 Å². The molecule has 1 heterocycles. The van der Waals surface area contributed by atoms with Crippen molar-refractivity contribution in [3.63, 3.8) is 0 Å². The number of nitrogens with one attached hydrogen (secondary N) is 2. The summed E-state index contributed by atoms with van der Waals surface area (Å²) in [4.78, 5) is 12.2. The van der Waals surface area contributed by atoms with Crippen LogP contribution < -0.4 is 10.0 Å². The van der Waals surface area contributed by atoms with Gasteiger partial charge in [-0.2, -0.15) is 13.2 Å². The van der Waals surface area contributed by atoms with Crippen LogP contribution >= 0.6 is 23.2 Å². The highest BCUT2D eigenvalue weighted by Crippen LogP contribution is 2.32. The van der Waals surface area contributed by atoms with Gasteiger partial charge in [0.05, 0.1) is 27.3 Å². The molecule has 0 bridgehead atoms. The smallest absolute Gasteiger partial charge is 0.377 e. The van der Waals surface area contributed by atoms with E-state index >= 15 is 0 Å². The zero-order valence-electron chi connectivity index (χ0n) is 15.8. The van der Waals surface area contributed by atoms with Gasteiger partial charge in [0.2, 0.25) is 10.0 Å². The van der Waals surface area contributed by atoms with Crippen molar-refractivity contribution in [2.75, 3.05) is 18.5 Å². The zero-order chi connectivity index (χ0) is 22.8. The molecule has 168 valence electrons. The molecule has 1 saturated heterocycles. The summed E-state index contributed by atoms with van der Waals surface area (Å²) in [6.45, 7) is 0.584. The maximum atomic E-state index is 12.9. The molecule has 0 aliphatic carbocycles. The third-order valence-electron chi connectivity index (χ3n) is 4.53. The predicted octanol–water partition coefficient (Wildman–Crippen LogP) is 4.72. The first-order valence-electron chi connectivity index (χ1n) is 9.06. The number of ether oxygens (including phenoxy) is 1. The number of sulfonamides is 1. The Hall–Kier alpha value is -1.85. The van der Waals surface area contributed by atoms with Crippen molar-refractivity contribution in [1.29, 1.82) is 0 Å². The number of halogens is 5. The monoisotopic (exact) mass is 496 g/mol. The van der Waals surface area contributed by atoms with Crippen LogP contribution in [0.1, 0.15) is 28.8 Å². The van der Waals surface area contributed by atoms with E-state index in [1.807, 2.05) is 0 Å². The van der Waals surface area contributed by atoms with Crippen molar-refractivity contribution in [2.24, 2.45) is 0 Å². The van der Waals surface area contributed by atoms with E-state index in [4.69, 9.17) is 27.9 Å². The second-order valence-electron chi connectivity index (χ2n) is 6.78. The van der Waals surface area contributed by atoms with E-state index in [0.29, 0.717) is 13.0 Å². The molecule has 0 radical (unpaired) electrons. The van der Waals surface area contributed by atoms with E-state index in [9.17, 15) is 26.4 Å². The van der Waals surface area contributed by atoms with Crippen molar-refractivity contribution in [3.8, 4) is 0 Å². The number of rotatable bonds is 6. The summed E-state index contributed by atoms with van der Waals surface area (Å²) in [5.41, 5.74) is -1.35. The number of benzene rings is 2. The average molecular weight is 497 g/mol. The minimum absolute atomic E-state index is 0.0348. The van der Waals surface area contributed by atoms with Crippen LogP contribution in [-0.2, 0) is 20.9 Å². The fraction of sp³-hybridized carbons (Fsp3) is 0.316. The molecule has 1 amide bonds. The molecule has 0 spiro atoms. The molecule has 0 unspecified atom stereocenters. The minimum atomic E-state index is -4.59. The molecule has 1 atom stereocenters. The van der Waals surface area contributed by atoms with Gasteiger partial charge in [0.1, 0.15) is 4.90 Å². The van der Waals surface area contributed by atoms with E-state index in [0.717, 1.165) is 36.8 Å². The Morgan fingerprint density at radius 3 is 2.55 bits per heavy atom. The van der Waals surface area contributed by atoms with Gasteiger partial charge >= 0.3 is 6.18 Å². The number of hydrogen-bond acceptors (Lipinski definition) is 4. The first kappa shape index (κ1) is 23.8. The van der Waals surface area contributed by atoms with Crippen LogP contribution in [0.15, 0.2) is 41.3 Å². The summed E-state index contributed by atoms with van der Waals surface area (Å²) in [7, 11) is -4.10. The number of amides is 1. The van der Waals surface area contributed by atoms with Crippen LogP contribution in [0.25, 0.3) is 0 Å². The highest BCUT2D eigenvalue weighted by atomic mass is 35.5. The second kappa shape index (κ2) is 9.33.